The number of amides is 1. The van der Waals surface area contributed by atoms with E-state index in [0.717, 1.165) is 22.4 Å². The van der Waals surface area contributed by atoms with Gasteiger partial charge in [0.2, 0.25) is 5.91 Å². The molecule has 0 spiro atoms. The number of rotatable bonds is 5. The topological polar surface area (TPSA) is 110 Å². The molecule has 0 unspecified atom stereocenters. The number of aromatic nitrogens is 3. The van der Waals surface area contributed by atoms with Gasteiger partial charge in [-0.15, -0.1) is 0 Å². The maximum Gasteiger partial charge on any atom is 0.334 e. The Hall–Kier alpha value is -3.30. The minimum atomic E-state index is -0.693. The van der Waals surface area contributed by atoms with E-state index in [4.69, 9.17) is 16.0 Å². The monoisotopic (exact) mass is 428 g/mol. The standard InChI is InChI=1S/C19H13ClN4O4S/c20-11-4-3-5-12(8-11)24-15(9-16(25)23-18(24)27)22-17(26)10-29-19-21-13-6-1-2-7-14(13)28-19/h1-9H,10H2,(H,22,26)(H,23,25,27). The van der Waals surface area contributed by atoms with Gasteiger partial charge in [-0.05, 0) is 30.3 Å². The van der Waals surface area contributed by atoms with Crippen LogP contribution in [0.4, 0.5) is 5.82 Å². The lowest BCUT2D eigenvalue weighted by molar-refractivity contribution is -0.113. The number of nitrogens with one attached hydrogen (secondary N) is 2. The number of hydrogen-bond donors (Lipinski definition) is 2. The van der Waals surface area contributed by atoms with Gasteiger partial charge in [-0.25, -0.2) is 14.3 Å². The number of halogens is 1. The number of carbonyl (C=O) groups is 1. The van der Waals surface area contributed by atoms with E-state index in [9.17, 15) is 14.4 Å². The molecule has 4 rings (SSSR count). The number of oxazole rings is 1. The minimum absolute atomic E-state index is 0.0244. The molecule has 2 aromatic heterocycles. The van der Waals surface area contributed by atoms with Crippen LogP contribution >= 0.6 is 23.4 Å². The van der Waals surface area contributed by atoms with Crippen LogP contribution in [0.3, 0.4) is 0 Å². The van der Waals surface area contributed by atoms with Crippen LogP contribution < -0.4 is 16.6 Å². The van der Waals surface area contributed by atoms with Crippen LogP contribution in [0.25, 0.3) is 16.8 Å². The average Bonchev–Trinajstić information content (AvgIpc) is 3.09. The Balaban J connectivity index is 1.56. The number of aromatic amines is 1. The highest BCUT2D eigenvalue weighted by Crippen LogP contribution is 2.23. The molecule has 2 heterocycles. The molecular weight excluding hydrogens is 416 g/mol. The van der Waals surface area contributed by atoms with Crippen LogP contribution in [0, 0.1) is 0 Å². The van der Waals surface area contributed by atoms with Gasteiger partial charge in [0, 0.05) is 11.1 Å². The van der Waals surface area contributed by atoms with Gasteiger partial charge in [0.1, 0.15) is 11.3 Å². The van der Waals surface area contributed by atoms with E-state index < -0.39 is 17.2 Å². The van der Waals surface area contributed by atoms with Gasteiger partial charge in [0.05, 0.1) is 11.4 Å². The zero-order valence-corrected chi connectivity index (χ0v) is 16.3. The van der Waals surface area contributed by atoms with Crippen molar-refractivity contribution in [3.05, 3.63) is 80.5 Å². The molecule has 0 radical (unpaired) electrons. The quantitative estimate of drug-likeness (QED) is 0.473. The van der Waals surface area contributed by atoms with Crippen LogP contribution in [0.2, 0.25) is 5.02 Å². The van der Waals surface area contributed by atoms with Crippen molar-refractivity contribution in [2.45, 2.75) is 5.22 Å². The molecular formula is C19H13ClN4O4S. The molecule has 146 valence electrons. The maximum atomic E-state index is 12.4. The van der Waals surface area contributed by atoms with Crippen molar-refractivity contribution in [3.63, 3.8) is 0 Å². The second-order valence-electron chi connectivity index (χ2n) is 5.92. The second kappa shape index (κ2) is 7.98. The lowest BCUT2D eigenvalue weighted by atomic mass is 10.3. The molecule has 1 amide bonds. The first-order chi connectivity index (χ1) is 14.0. The molecule has 0 bridgehead atoms. The SMILES string of the molecule is O=C(CSc1nc2ccccc2o1)Nc1cc(=O)[nH]c(=O)n1-c1cccc(Cl)c1. The van der Waals surface area contributed by atoms with Crippen LogP contribution in [-0.4, -0.2) is 26.2 Å². The Labute approximate surface area is 172 Å². The van der Waals surface area contributed by atoms with E-state index in [-0.39, 0.29) is 11.6 Å². The van der Waals surface area contributed by atoms with E-state index in [0.29, 0.717) is 27.0 Å². The second-order valence-corrected chi connectivity index (χ2v) is 7.29. The average molecular weight is 429 g/mol. The number of H-pyrrole nitrogens is 1. The molecule has 2 aromatic carbocycles. The lowest BCUT2D eigenvalue weighted by Gasteiger charge is -2.13. The van der Waals surface area contributed by atoms with Gasteiger partial charge in [-0.2, -0.15) is 0 Å². The van der Waals surface area contributed by atoms with Crippen molar-refractivity contribution >= 4 is 46.2 Å². The van der Waals surface area contributed by atoms with Crippen molar-refractivity contribution < 1.29 is 9.21 Å². The molecule has 2 N–H and O–H groups in total. The Morgan fingerprint density at radius 2 is 2.00 bits per heavy atom. The van der Waals surface area contributed by atoms with E-state index in [1.165, 1.54) is 0 Å². The Bertz CT molecular complexity index is 1290. The number of carbonyl (C=O) groups excluding carboxylic acids is 1. The van der Waals surface area contributed by atoms with Gasteiger partial charge >= 0.3 is 5.69 Å². The molecule has 29 heavy (non-hydrogen) atoms. The summed E-state index contributed by atoms with van der Waals surface area (Å²) in [6.45, 7) is 0. The first-order valence-corrected chi connectivity index (χ1v) is 9.76. The Morgan fingerprint density at radius 3 is 2.79 bits per heavy atom. The van der Waals surface area contributed by atoms with Crippen LogP contribution in [-0.2, 0) is 4.79 Å². The third-order valence-corrected chi connectivity index (χ3v) is 4.94. The predicted octanol–water partition coefficient (Wildman–Crippen LogP) is 3.05. The summed E-state index contributed by atoms with van der Waals surface area (Å²) in [5.41, 5.74) is 0.400. The predicted molar refractivity (Wildman–Crippen MR) is 111 cm³/mol. The van der Waals surface area contributed by atoms with Crippen molar-refractivity contribution in [2.24, 2.45) is 0 Å². The summed E-state index contributed by atoms with van der Waals surface area (Å²) < 4.78 is 6.72. The van der Waals surface area contributed by atoms with Crippen LogP contribution in [0.5, 0.6) is 0 Å². The molecule has 0 aliphatic heterocycles. The number of fused-ring (bicyclic) bond motifs is 1. The zero-order valence-electron chi connectivity index (χ0n) is 14.7. The summed E-state index contributed by atoms with van der Waals surface area (Å²) in [5, 5.41) is 3.34. The molecule has 10 heteroatoms. The summed E-state index contributed by atoms with van der Waals surface area (Å²) in [6.07, 6.45) is 0. The molecule has 0 fully saturated rings. The number of hydrogen-bond acceptors (Lipinski definition) is 6. The number of para-hydroxylation sites is 2. The molecule has 8 nitrogen and oxygen atoms in total. The van der Waals surface area contributed by atoms with Crippen molar-refractivity contribution in [1.82, 2.24) is 14.5 Å². The lowest BCUT2D eigenvalue weighted by Crippen LogP contribution is -2.32. The highest BCUT2D eigenvalue weighted by molar-refractivity contribution is 7.99. The van der Waals surface area contributed by atoms with Crippen LogP contribution in [0.15, 0.2) is 73.8 Å². The molecule has 0 aliphatic carbocycles. The first kappa shape index (κ1) is 19.0. The van der Waals surface area contributed by atoms with Crippen molar-refractivity contribution in [2.75, 3.05) is 11.1 Å². The Kier molecular flexibility index (Phi) is 5.24. The fourth-order valence-electron chi connectivity index (χ4n) is 2.68. The minimum Gasteiger partial charge on any atom is -0.431 e. The van der Waals surface area contributed by atoms with Crippen molar-refractivity contribution in [3.8, 4) is 5.69 Å². The zero-order chi connectivity index (χ0) is 20.4. The fourth-order valence-corrected chi connectivity index (χ4v) is 3.50. The summed E-state index contributed by atoms with van der Waals surface area (Å²) >= 11 is 7.09. The highest BCUT2D eigenvalue weighted by Gasteiger charge is 2.14. The molecule has 4 aromatic rings. The summed E-state index contributed by atoms with van der Waals surface area (Å²) in [6, 6.07) is 14.9. The van der Waals surface area contributed by atoms with Gasteiger partial charge in [-0.3, -0.25) is 14.6 Å². The molecule has 0 saturated heterocycles. The van der Waals surface area contributed by atoms with Crippen LogP contribution in [0.1, 0.15) is 0 Å². The van der Waals surface area contributed by atoms with E-state index in [2.05, 4.69) is 15.3 Å². The fraction of sp³-hybridized carbons (Fsp3) is 0.0526. The number of thioether (sulfide) groups is 1. The van der Waals surface area contributed by atoms with Crippen molar-refractivity contribution in [1.29, 1.82) is 0 Å². The molecule has 0 atom stereocenters. The smallest absolute Gasteiger partial charge is 0.334 e. The summed E-state index contributed by atoms with van der Waals surface area (Å²) in [4.78, 5) is 42.9. The summed E-state index contributed by atoms with van der Waals surface area (Å²) in [7, 11) is 0. The summed E-state index contributed by atoms with van der Waals surface area (Å²) in [5.74, 6) is -0.425. The normalized spacial score (nSPS) is 10.9. The van der Waals surface area contributed by atoms with Gasteiger partial charge in [-0.1, -0.05) is 41.6 Å². The third-order valence-electron chi connectivity index (χ3n) is 3.88. The first-order valence-electron chi connectivity index (χ1n) is 8.40. The van der Waals surface area contributed by atoms with E-state index >= 15 is 0 Å². The molecule has 0 saturated carbocycles. The number of anilines is 1. The highest BCUT2D eigenvalue weighted by atomic mass is 35.5. The largest absolute Gasteiger partial charge is 0.431 e. The van der Waals surface area contributed by atoms with E-state index in [1.54, 1.807) is 30.3 Å². The maximum absolute atomic E-state index is 12.4. The number of nitrogens with zero attached hydrogens (tertiary/aromatic N) is 2. The van der Waals surface area contributed by atoms with E-state index in [1.807, 2.05) is 18.2 Å². The molecule has 0 aliphatic rings. The van der Waals surface area contributed by atoms with Gasteiger partial charge < -0.3 is 9.73 Å². The third kappa shape index (κ3) is 4.25. The number of benzene rings is 2. The van der Waals surface area contributed by atoms with Gasteiger partial charge in [0.15, 0.2) is 5.58 Å². The van der Waals surface area contributed by atoms with Gasteiger partial charge in [0.25, 0.3) is 10.8 Å². The Morgan fingerprint density at radius 1 is 1.17 bits per heavy atom.